The van der Waals surface area contributed by atoms with Gasteiger partial charge >= 0.3 is 0 Å². The van der Waals surface area contributed by atoms with E-state index in [4.69, 9.17) is 23.2 Å². The molecule has 4 nitrogen and oxygen atoms in total. The standard InChI is InChI=1S/C14H16Cl2N2O2.ClH/c15-9-3-8-1-2-18(7-11(8)12(16)4-9)14(20)13-5-10(19)6-17-13;/h3-4,10,13,17,19H,1-2,5-7H2;1H. The van der Waals surface area contributed by atoms with Gasteiger partial charge in [-0.05, 0) is 36.1 Å². The van der Waals surface area contributed by atoms with Crippen molar-refractivity contribution in [3.63, 3.8) is 0 Å². The largest absolute Gasteiger partial charge is 0.392 e. The maximum atomic E-state index is 12.4. The number of hydrogen-bond acceptors (Lipinski definition) is 3. The Bertz CT molecular complexity index is 553. The molecule has 2 N–H and O–H groups in total. The van der Waals surface area contributed by atoms with Crippen LogP contribution in [0.5, 0.6) is 0 Å². The van der Waals surface area contributed by atoms with E-state index < -0.39 is 6.10 Å². The number of aliphatic hydroxyl groups excluding tert-OH is 1. The molecule has 0 saturated carbocycles. The minimum absolute atomic E-state index is 0. The highest BCUT2D eigenvalue weighted by Gasteiger charge is 2.33. The van der Waals surface area contributed by atoms with Gasteiger partial charge in [0.05, 0.1) is 12.1 Å². The van der Waals surface area contributed by atoms with Crippen molar-refractivity contribution in [1.82, 2.24) is 10.2 Å². The van der Waals surface area contributed by atoms with Crippen LogP contribution in [-0.4, -0.2) is 41.1 Å². The number of nitrogens with one attached hydrogen (secondary N) is 1. The van der Waals surface area contributed by atoms with Crippen LogP contribution in [0.2, 0.25) is 10.0 Å². The number of carbonyl (C=O) groups excluding carboxylic acids is 1. The summed E-state index contributed by atoms with van der Waals surface area (Å²) >= 11 is 12.2. The molecule has 1 aromatic carbocycles. The Labute approximate surface area is 139 Å². The summed E-state index contributed by atoms with van der Waals surface area (Å²) in [5.41, 5.74) is 2.10. The van der Waals surface area contributed by atoms with Crippen molar-refractivity contribution in [3.8, 4) is 0 Å². The average molecular weight is 352 g/mol. The monoisotopic (exact) mass is 350 g/mol. The number of nitrogens with zero attached hydrogens (tertiary/aromatic N) is 1. The molecule has 2 heterocycles. The van der Waals surface area contributed by atoms with Crippen molar-refractivity contribution in [3.05, 3.63) is 33.3 Å². The Balaban J connectivity index is 0.00000161. The normalized spacial score (nSPS) is 24.4. The van der Waals surface area contributed by atoms with Crippen LogP contribution in [0.15, 0.2) is 12.1 Å². The number of halogens is 3. The van der Waals surface area contributed by atoms with Gasteiger partial charge in [0.25, 0.3) is 0 Å². The number of aliphatic hydroxyl groups is 1. The van der Waals surface area contributed by atoms with E-state index in [1.54, 1.807) is 11.0 Å². The number of amides is 1. The zero-order chi connectivity index (χ0) is 14.3. The van der Waals surface area contributed by atoms with Gasteiger partial charge in [-0.2, -0.15) is 0 Å². The summed E-state index contributed by atoms with van der Waals surface area (Å²) in [6.07, 6.45) is 0.816. The first kappa shape index (κ1) is 16.8. The topological polar surface area (TPSA) is 52.6 Å². The van der Waals surface area contributed by atoms with E-state index in [-0.39, 0.29) is 24.4 Å². The third-order valence-electron chi connectivity index (χ3n) is 3.97. The second-order valence-corrected chi connectivity index (χ2v) is 6.23. The van der Waals surface area contributed by atoms with Gasteiger partial charge in [0.15, 0.2) is 0 Å². The second kappa shape index (κ2) is 6.71. The molecule has 0 aromatic heterocycles. The number of β-amino-alcohol motifs (C(OH)–C–C–N with tert-alkyl or cyclic N) is 1. The summed E-state index contributed by atoms with van der Waals surface area (Å²) in [4.78, 5) is 14.2. The Morgan fingerprint density at radius 3 is 2.81 bits per heavy atom. The number of carbonyl (C=O) groups is 1. The van der Waals surface area contributed by atoms with Crippen molar-refractivity contribution in [2.24, 2.45) is 0 Å². The molecule has 1 fully saturated rings. The fourth-order valence-electron chi connectivity index (χ4n) is 2.90. The fourth-order valence-corrected chi connectivity index (χ4v) is 3.49. The quantitative estimate of drug-likeness (QED) is 0.814. The zero-order valence-electron chi connectivity index (χ0n) is 11.3. The van der Waals surface area contributed by atoms with Crippen molar-refractivity contribution in [2.45, 2.75) is 31.5 Å². The van der Waals surface area contributed by atoms with Crippen molar-refractivity contribution in [2.75, 3.05) is 13.1 Å². The Kier molecular flexibility index (Phi) is 5.38. The molecule has 0 bridgehead atoms. The summed E-state index contributed by atoms with van der Waals surface area (Å²) < 4.78 is 0. The highest BCUT2D eigenvalue weighted by atomic mass is 35.5. The molecule has 1 aromatic rings. The maximum absolute atomic E-state index is 12.4. The van der Waals surface area contributed by atoms with Crippen LogP contribution in [0.25, 0.3) is 0 Å². The molecule has 116 valence electrons. The molecule has 2 aliphatic rings. The van der Waals surface area contributed by atoms with Crippen LogP contribution in [0.4, 0.5) is 0 Å². The van der Waals surface area contributed by atoms with Crippen LogP contribution in [0.1, 0.15) is 17.5 Å². The zero-order valence-corrected chi connectivity index (χ0v) is 13.6. The van der Waals surface area contributed by atoms with E-state index in [1.165, 1.54) is 0 Å². The summed E-state index contributed by atoms with van der Waals surface area (Å²) in [5.74, 6) is 0.0400. The molecule has 21 heavy (non-hydrogen) atoms. The summed E-state index contributed by atoms with van der Waals surface area (Å²) in [6.45, 7) is 1.66. The highest BCUT2D eigenvalue weighted by Crippen LogP contribution is 2.30. The molecule has 3 rings (SSSR count). The Morgan fingerprint density at radius 1 is 1.38 bits per heavy atom. The number of rotatable bonds is 1. The third kappa shape index (κ3) is 3.46. The van der Waals surface area contributed by atoms with E-state index >= 15 is 0 Å². The van der Waals surface area contributed by atoms with Gasteiger partial charge in [-0.25, -0.2) is 0 Å². The summed E-state index contributed by atoms with van der Waals surface area (Å²) in [7, 11) is 0. The van der Waals surface area contributed by atoms with Crippen molar-refractivity contribution < 1.29 is 9.90 Å². The lowest BCUT2D eigenvalue weighted by Crippen LogP contribution is -2.45. The van der Waals surface area contributed by atoms with Crippen LogP contribution < -0.4 is 5.32 Å². The van der Waals surface area contributed by atoms with Gasteiger partial charge in [0.2, 0.25) is 5.91 Å². The minimum atomic E-state index is -0.427. The lowest BCUT2D eigenvalue weighted by atomic mass is 9.99. The van der Waals surface area contributed by atoms with E-state index in [1.807, 2.05) is 6.07 Å². The van der Waals surface area contributed by atoms with Crippen LogP contribution >= 0.6 is 35.6 Å². The SMILES string of the molecule is Cl.O=C(C1CC(O)CN1)N1CCc2cc(Cl)cc(Cl)c2C1. The van der Waals surface area contributed by atoms with Crippen LogP contribution in [0.3, 0.4) is 0 Å². The molecule has 1 saturated heterocycles. The fraction of sp³-hybridized carbons (Fsp3) is 0.500. The maximum Gasteiger partial charge on any atom is 0.240 e. The molecule has 1 amide bonds. The van der Waals surface area contributed by atoms with E-state index in [2.05, 4.69) is 5.32 Å². The minimum Gasteiger partial charge on any atom is -0.392 e. The van der Waals surface area contributed by atoms with Gasteiger partial charge < -0.3 is 15.3 Å². The van der Waals surface area contributed by atoms with Gasteiger partial charge in [-0.1, -0.05) is 23.2 Å². The first-order valence-electron chi connectivity index (χ1n) is 6.71. The smallest absolute Gasteiger partial charge is 0.240 e. The van der Waals surface area contributed by atoms with Crippen molar-refractivity contribution >= 4 is 41.5 Å². The third-order valence-corrected chi connectivity index (χ3v) is 4.53. The van der Waals surface area contributed by atoms with Crippen molar-refractivity contribution in [1.29, 1.82) is 0 Å². The average Bonchev–Trinajstić information content (AvgIpc) is 2.84. The number of benzene rings is 1. The molecule has 0 spiro atoms. The second-order valence-electron chi connectivity index (χ2n) is 5.39. The molecule has 0 aliphatic carbocycles. The van der Waals surface area contributed by atoms with Crippen LogP contribution in [-0.2, 0) is 17.8 Å². The van der Waals surface area contributed by atoms with E-state index in [9.17, 15) is 9.90 Å². The predicted octanol–water partition coefficient (Wildman–Crippen LogP) is 2.02. The highest BCUT2D eigenvalue weighted by molar-refractivity contribution is 6.35. The van der Waals surface area contributed by atoms with Crippen LogP contribution in [0, 0.1) is 0 Å². The lowest BCUT2D eigenvalue weighted by molar-refractivity contribution is -0.134. The molecule has 0 radical (unpaired) electrons. The number of fused-ring (bicyclic) bond motifs is 1. The van der Waals surface area contributed by atoms with Gasteiger partial charge in [-0.15, -0.1) is 12.4 Å². The summed E-state index contributed by atoms with van der Waals surface area (Å²) in [6, 6.07) is 3.35. The molecular formula is C14H17Cl3N2O2. The molecule has 2 unspecified atom stereocenters. The van der Waals surface area contributed by atoms with Gasteiger partial charge in [0, 0.05) is 29.7 Å². The first-order valence-corrected chi connectivity index (χ1v) is 7.47. The molecule has 7 heteroatoms. The first-order chi connectivity index (χ1) is 9.54. The molecule has 2 atom stereocenters. The summed E-state index contributed by atoms with van der Waals surface area (Å²) in [5, 5.41) is 13.8. The lowest BCUT2D eigenvalue weighted by Gasteiger charge is -2.31. The van der Waals surface area contributed by atoms with E-state index in [0.717, 1.165) is 17.5 Å². The van der Waals surface area contributed by atoms with E-state index in [0.29, 0.717) is 36.1 Å². The van der Waals surface area contributed by atoms with Gasteiger partial charge in [-0.3, -0.25) is 4.79 Å². The molecule has 2 aliphatic heterocycles. The van der Waals surface area contributed by atoms with Gasteiger partial charge in [0.1, 0.15) is 0 Å². The molecular weight excluding hydrogens is 335 g/mol. The Morgan fingerprint density at radius 2 is 2.14 bits per heavy atom. The predicted molar refractivity (Wildman–Crippen MR) is 85.2 cm³/mol. The Hall–Kier alpha value is -0.520. The number of hydrogen-bond donors (Lipinski definition) is 2.